The van der Waals surface area contributed by atoms with Crippen LogP contribution >= 0.6 is 0 Å². The lowest BCUT2D eigenvalue weighted by atomic mass is 10.1. The van der Waals surface area contributed by atoms with Crippen LogP contribution in [0.15, 0.2) is 0 Å². The Hall–Kier alpha value is -10.1. The highest BCUT2D eigenvalue weighted by molar-refractivity contribution is 6.01. The summed E-state index contributed by atoms with van der Waals surface area (Å²) in [6, 6.07) is -21.0. The third-order valence-corrected chi connectivity index (χ3v) is 10.7. The number of hydrogen-bond acceptors (Lipinski definition) is 21. The normalized spacial score (nSPS) is 14.3. The van der Waals surface area contributed by atoms with Crippen molar-refractivity contribution < 1.29 is 132 Å². The maximum Gasteiger partial charge on any atom is 0.305 e. The Morgan fingerprint density at radius 3 is 0.723 bits per heavy atom. The molecule has 0 fully saturated rings. The smallest absolute Gasteiger partial charge is 0.305 e. The Balaban J connectivity index is 6.75. The van der Waals surface area contributed by atoms with Gasteiger partial charge >= 0.3 is 35.8 Å². The lowest BCUT2D eigenvalue weighted by Gasteiger charge is -2.27. The number of rotatable bonds is 41. The summed E-state index contributed by atoms with van der Waals surface area (Å²) >= 11 is 0. The number of carboxylic acids is 6. The van der Waals surface area contributed by atoms with Gasteiger partial charge in [0.1, 0.15) is 60.4 Å². The van der Waals surface area contributed by atoms with Gasteiger partial charge in [-0.2, -0.15) is 0 Å². The lowest BCUT2D eigenvalue weighted by Crippen LogP contribution is -2.61. The van der Waals surface area contributed by atoms with Gasteiger partial charge in [0.05, 0.1) is 45.3 Å². The molecule has 0 bridgehead atoms. The van der Waals surface area contributed by atoms with E-state index in [1.807, 2.05) is 53.2 Å². The molecule has 24 N–H and O–H groups in total. The molecule has 83 heavy (non-hydrogen) atoms. The van der Waals surface area contributed by atoms with E-state index >= 15 is 0 Å². The molecule has 0 aliphatic heterocycles. The highest BCUT2D eigenvalue weighted by Crippen LogP contribution is 2.09. The zero-order chi connectivity index (χ0) is 64.0. The van der Waals surface area contributed by atoms with Crippen LogP contribution in [-0.2, 0) is 91.1 Å². The van der Waals surface area contributed by atoms with Crippen LogP contribution in [0, 0.1) is 0 Å². The van der Waals surface area contributed by atoms with E-state index in [4.69, 9.17) is 22.3 Å². The van der Waals surface area contributed by atoms with Crippen LogP contribution in [0.3, 0.4) is 0 Å². The Morgan fingerprint density at radius 1 is 0.289 bits per heavy atom. The third-order valence-electron chi connectivity index (χ3n) is 10.7. The van der Waals surface area contributed by atoms with E-state index in [-0.39, 0.29) is 0 Å². The molecule has 0 aromatic heterocycles. The summed E-state index contributed by atoms with van der Waals surface area (Å²) in [5.74, 6) is -28.5. The van der Waals surface area contributed by atoms with Crippen molar-refractivity contribution in [2.24, 2.45) is 17.2 Å². The number of carbonyl (C=O) groups excluding carboxylic acids is 13. The van der Waals surface area contributed by atoms with Crippen molar-refractivity contribution in [1.29, 1.82) is 0 Å². The molecule has 0 unspecified atom stereocenters. The van der Waals surface area contributed by atoms with Crippen LogP contribution < -0.4 is 70.4 Å². The van der Waals surface area contributed by atoms with Crippen LogP contribution in [0.4, 0.5) is 0 Å². The maximum absolute atomic E-state index is 13.6. The van der Waals surface area contributed by atoms with E-state index < -0.39 is 257 Å². The number of primary amides is 3. The molecule has 40 nitrogen and oxygen atoms in total. The van der Waals surface area contributed by atoms with Crippen LogP contribution in [0.1, 0.15) is 77.6 Å². The molecule has 0 saturated heterocycles. The first-order valence-electron chi connectivity index (χ1n) is 23.9. The van der Waals surface area contributed by atoms with Gasteiger partial charge in [-0.1, -0.05) is 0 Å². The van der Waals surface area contributed by atoms with Crippen molar-refractivity contribution in [3.8, 4) is 0 Å². The predicted molar refractivity (Wildman–Crippen MR) is 263 cm³/mol. The summed E-state index contributed by atoms with van der Waals surface area (Å²) in [6.07, 6.45) is -11.1. The first-order chi connectivity index (χ1) is 38.5. The zero-order valence-electron chi connectivity index (χ0n) is 43.5. The van der Waals surface area contributed by atoms with Gasteiger partial charge < -0.3 is 111 Å². The molecule has 13 amide bonds. The summed E-state index contributed by atoms with van der Waals surface area (Å²) in [5, 5.41) is 95.2. The van der Waals surface area contributed by atoms with Crippen LogP contribution in [0.2, 0.25) is 0 Å². The molecule has 0 aromatic rings. The summed E-state index contributed by atoms with van der Waals surface area (Å²) in [7, 11) is 0. The van der Waals surface area contributed by atoms with Crippen LogP contribution in [0.25, 0.3) is 0 Å². The molecule has 0 aliphatic rings. The first-order valence-corrected chi connectivity index (χ1v) is 23.9. The zero-order valence-corrected chi connectivity index (χ0v) is 43.5. The monoisotopic (exact) mass is 1190 g/mol. The van der Waals surface area contributed by atoms with Gasteiger partial charge in [0.25, 0.3) is 0 Å². The minimum atomic E-state index is -2.33. The maximum atomic E-state index is 13.6. The molecule has 10 atom stereocenters. The predicted octanol–water partition coefficient (Wildman–Crippen LogP) is -11.9. The molecule has 0 aliphatic carbocycles. The van der Waals surface area contributed by atoms with Gasteiger partial charge in [0, 0.05) is 26.2 Å². The standard InChI is InChI=1S/C43H63N13O27/c1-15(59)47-21(10-31(68)69)39(79)56-24(13-57)42(82)50-18(4-7-30(66)67)37(77)53-23(12-33(72)73)41(81)52-20(9-27(45)61)38(78)55-25(14-58)43(83)54-22(11-32(70)71)40(80)49-16(2-5-28(62)63)35(75)48-17(3-6-29(64)65)36(76)51-19(34(46)74)8-26(44)60/h16-25,57-58H,2-14H2,1H3,(H2,44,60)(H2,45,61)(H2,46,74)(H,47,59)(H,48,75)(H,49,80)(H,50,82)(H,51,76)(H,52,81)(H,53,77)(H,54,83)(H,55,78)(H,56,79)(H,62,63)(H,64,65)(H,66,67)(H,68,69)(H,70,71)(H,72,73)/t16-,17-,18-,19-,20-,21-,22-,23-,24-,25-/m1/s1. The van der Waals surface area contributed by atoms with Crippen molar-refractivity contribution >= 4 is 113 Å². The highest BCUT2D eigenvalue weighted by atomic mass is 16.4. The fraction of sp³-hybridized carbons (Fsp3) is 0.558. The topological polar surface area (TPSA) is 685 Å². The number of aliphatic carboxylic acids is 6. The van der Waals surface area contributed by atoms with Gasteiger partial charge in [0.15, 0.2) is 0 Å². The number of hydrogen-bond donors (Lipinski definition) is 21. The van der Waals surface area contributed by atoms with Crippen LogP contribution in [-0.4, -0.2) is 227 Å². The van der Waals surface area contributed by atoms with Gasteiger partial charge in [-0.25, -0.2) is 0 Å². The average Bonchev–Trinajstić information content (AvgIpc) is 3.39. The van der Waals surface area contributed by atoms with E-state index in [2.05, 4.69) is 0 Å². The van der Waals surface area contributed by atoms with E-state index in [9.17, 15) is 127 Å². The van der Waals surface area contributed by atoms with E-state index in [1.165, 1.54) is 0 Å². The lowest BCUT2D eigenvalue weighted by molar-refractivity contribution is -0.143. The minimum absolute atomic E-state index is 0.758. The van der Waals surface area contributed by atoms with Crippen molar-refractivity contribution in [1.82, 2.24) is 53.2 Å². The molecule has 0 saturated carbocycles. The Labute approximate surface area is 465 Å². The average molecular weight is 1190 g/mol. The molecular formula is C43H63N13O27. The molecule has 0 radical (unpaired) electrons. The summed E-state index contributed by atoms with van der Waals surface area (Å²) in [5.41, 5.74) is 15.4. The molecule has 0 heterocycles. The molecule has 462 valence electrons. The Kier molecular flexibility index (Phi) is 31.8. The molecule has 0 spiro atoms. The number of aliphatic hydroxyl groups is 2. The molecule has 0 rings (SSSR count). The third kappa shape index (κ3) is 29.6. The number of nitrogens with one attached hydrogen (secondary N) is 10. The van der Waals surface area contributed by atoms with Gasteiger partial charge in [-0.3, -0.25) is 91.1 Å². The van der Waals surface area contributed by atoms with Gasteiger partial charge in [0.2, 0.25) is 76.8 Å². The molecule has 40 heteroatoms. The fourth-order valence-corrected chi connectivity index (χ4v) is 6.68. The molecular weight excluding hydrogens is 1130 g/mol. The van der Waals surface area contributed by atoms with Crippen molar-refractivity contribution in [2.75, 3.05) is 13.2 Å². The van der Waals surface area contributed by atoms with Crippen molar-refractivity contribution in [3.63, 3.8) is 0 Å². The largest absolute Gasteiger partial charge is 0.481 e. The summed E-state index contributed by atoms with van der Waals surface area (Å²) < 4.78 is 0. The number of carboxylic acid groups (broad SMARTS) is 6. The second-order valence-electron chi connectivity index (χ2n) is 17.5. The number of amides is 13. The number of nitrogens with two attached hydrogens (primary N) is 3. The minimum Gasteiger partial charge on any atom is -0.481 e. The van der Waals surface area contributed by atoms with Gasteiger partial charge in [-0.05, 0) is 19.3 Å². The van der Waals surface area contributed by atoms with Crippen molar-refractivity contribution in [2.45, 2.75) is 138 Å². The SMILES string of the molecule is CC(=O)N[C@H](CC(=O)O)C(=O)N[C@H](CO)C(=O)N[C@H](CCC(=O)O)C(=O)N[C@H](CC(=O)O)C(=O)N[C@H](CC(N)=O)C(=O)N[C@H](CO)C(=O)N[C@H](CC(=O)O)C(=O)N[C@H](CCC(=O)O)C(=O)N[C@H](CCC(=O)O)C(=O)N[C@H](CC(N)=O)C(N)=O. The van der Waals surface area contributed by atoms with Crippen LogP contribution in [0.5, 0.6) is 0 Å². The first kappa shape index (κ1) is 72.8. The number of carbonyl (C=O) groups is 19. The second kappa shape index (κ2) is 36.2. The fourth-order valence-electron chi connectivity index (χ4n) is 6.68. The summed E-state index contributed by atoms with van der Waals surface area (Å²) in [6.45, 7) is -1.83. The van der Waals surface area contributed by atoms with Gasteiger partial charge in [-0.15, -0.1) is 0 Å². The van der Waals surface area contributed by atoms with E-state index in [0.717, 1.165) is 6.92 Å². The number of aliphatic hydroxyl groups excluding tert-OH is 2. The quantitative estimate of drug-likeness (QED) is 0.0270. The van der Waals surface area contributed by atoms with E-state index in [0.29, 0.717) is 0 Å². The van der Waals surface area contributed by atoms with Crippen molar-refractivity contribution in [3.05, 3.63) is 0 Å². The second-order valence-corrected chi connectivity index (χ2v) is 17.5. The highest BCUT2D eigenvalue weighted by Gasteiger charge is 2.37. The van der Waals surface area contributed by atoms with E-state index in [1.54, 1.807) is 0 Å². The molecule has 0 aromatic carbocycles. The Bertz CT molecular complexity index is 2490. The summed E-state index contributed by atoms with van der Waals surface area (Å²) in [4.78, 5) is 236. The Morgan fingerprint density at radius 2 is 0.494 bits per heavy atom.